The van der Waals surface area contributed by atoms with Gasteiger partial charge in [-0.05, 0) is 44.7 Å². The molecule has 1 saturated carbocycles. The van der Waals surface area contributed by atoms with Crippen LogP contribution >= 0.6 is 0 Å². The van der Waals surface area contributed by atoms with Crippen molar-refractivity contribution in [2.45, 2.75) is 70.1 Å². The van der Waals surface area contributed by atoms with Crippen LogP contribution in [0.3, 0.4) is 0 Å². The first-order chi connectivity index (χ1) is 14.5. The van der Waals surface area contributed by atoms with E-state index >= 15 is 0 Å². The van der Waals surface area contributed by atoms with E-state index in [4.69, 9.17) is 4.74 Å². The Labute approximate surface area is 177 Å². The lowest BCUT2D eigenvalue weighted by atomic mass is 9.98. The van der Waals surface area contributed by atoms with Gasteiger partial charge < -0.3 is 15.0 Å². The number of nitrogens with zero attached hydrogens (tertiary/aromatic N) is 2. The van der Waals surface area contributed by atoms with Crippen LogP contribution in [0.1, 0.15) is 68.6 Å². The third kappa shape index (κ3) is 3.95. The summed E-state index contributed by atoms with van der Waals surface area (Å²) >= 11 is 0. The Balaban J connectivity index is 1.33. The standard InChI is InChI=1S/C23H31N3O4/c1-23-13-12-21(28)26(23)19-11-6-5-10-18(19)22(29)25(23)16-20(27)24-14-7-15-30-17-8-3-2-4-9-17/h5-6,10-11,17H,2-4,7-9,12-16H2,1H3,(H,24,27). The number of carbonyl (C=O) groups is 3. The van der Waals surface area contributed by atoms with E-state index in [9.17, 15) is 14.4 Å². The molecule has 1 atom stereocenters. The number of para-hydroxylation sites is 1. The Hall–Kier alpha value is -2.41. The lowest BCUT2D eigenvalue weighted by molar-refractivity contribution is -0.124. The smallest absolute Gasteiger partial charge is 0.258 e. The van der Waals surface area contributed by atoms with E-state index in [1.165, 1.54) is 19.3 Å². The summed E-state index contributed by atoms with van der Waals surface area (Å²) in [6.07, 6.45) is 8.07. The summed E-state index contributed by atoms with van der Waals surface area (Å²) in [6, 6.07) is 7.13. The molecule has 1 unspecified atom stereocenters. The first kappa shape index (κ1) is 20.8. The number of benzene rings is 1. The highest BCUT2D eigenvalue weighted by molar-refractivity contribution is 6.11. The maximum Gasteiger partial charge on any atom is 0.258 e. The van der Waals surface area contributed by atoms with Crippen molar-refractivity contribution in [1.29, 1.82) is 0 Å². The second-order valence-corrected chi connectivity index (χ2v) is 8.69. The molecule has 3 aliphatic rings. The number of carbonyl (C=O) groups excluding carboxylic acids is 3. The van der Waals surface area contributed by atoms with Gasteiger partial charge in [0.15, 0.2) is 0 Å². The summed E-state index contributed by atoms with van der Waals surface area (Å²) in [5, 5.41) is 2.90. The molecule has 0 radical (unpaired) electrons. The highest BCUT2D eigenvalue weighted by atomic mass is 16.5. The minimum absolute atomic E-state index is 0.0114. The van der Waals surface area contributed by atoms with Crippen molar-refractivity contribution >= 4 is 23.4 Å². The molecule has 2 heterocycles. The minimum Gasteiger partial charge on any atom is -0.378 e. The normalized spacial score (nSPS) is 24.0. The molecule has 2 aliphatic heterocycles. The minimum atomic E-state index is -0.802. The highest BCUT2D eigenvalue weighted by Gasteiger charge is 2.53. The van der Waals surface area contributed by atoms with Gasteiger partial charge in [-0.2, -0.15) is 0 Å². The van der Waals surface area contributed by atoms with Crippen LogP contribution in [0.25, 0.3) is 0 Å². The van der Waals surface area contributed by atoms with E-state index in [-0.39, 0.29) is 24.3 Å². The second kappa shape index (κ2) is 8.76. The topological polar surface area (TPSA) is 79.0 Å². The number of fused-ring (bicyclic) bond motifs is 3. The van der Waals surface area contributed by atoms with Gasteiger partial charge in [0.25, 0.3) is 5.91 Å². The molecule has 30 heavy (non-hydrogen) atoms. The van der Waals surface area contributed by atoms with Crippen LogP contribution in [0, 0.1) is 0 Å². The van der Waals surface area contributed by atoms with Crippen LogP contribution in [0.2, 0.25) is 0 Å². The number of hydrogen-bond donors (Lipinski definition) is 1. The van der Waals surface area contributed by atoms with E-state index in [0.29, 0.717) is 43.3 Å². The number of ether oxygens (including phenoxy) is 1. The van der Waals surface area contributed by atoms with Crippen LogP contribution in [-0.4, -0.2) is 54.1 Å². The van der Waals surface area contributed by atoms with E-state index in [1.54, 1.807) is 28.0 Å². The highest BCUT2D eigenvalue weighted by Crippen LogP contribution is 2.43. The SMILES string of the molecule is CC12CCC(=O)N1c1ccccc1C(=O)N2CC(=O)NCCCOC1CCCCC1. The van der Waals surface area contributed by atoms with Gasteiger partial charge in [0.2, 0.25) is 11.8 Å². The zero-order valence-electron chi connectivity index (χ0n) is 17.7. The molecular weight excluding hydrogens is 382 g/mol. The molecule has 0 spiro atoms. The molecule has 3 amide bonds. The van der Waals surface area contributed by atoms with Crippen molar-refractivity contribution in [3.8, 4) is 0 Å². The number of anilines is 1. The maximum atomic E-state index is 13.1. The quantitative estimate of drug-likeness (QED) is 0.697. The zero-order chi connectivity index (χ0) is 21.1. The van der Waals surface area contributed by atoms with Crippen LogP contribution in [0.5, 0.6) is 0 Å². The average molecular weight is 414 g/mol. The Kier molecular flexibility index (Phi) is 6.09. The van der Waals surface area contributed by atoms with Crippen LogP contribution in [-0.2, 0) is 14.3 Å². The van der Waals surface area contributed by atoms with Gasteiger partial charge in [0.1, 0.15) is 12.2 Å². The molecule has 1 aromatic carbocycles. The molecule has 162 valence electrons. The molecule has 0 bridgehead atoms. The fourth-order valence-electron chi connectivity index (χ4n) is 4.92. The van der Waals surface area contributed by atoms with Crippen LogP contribution in [0.4, 0.5) is 5.69 Å². The molecule has 1 aromatic rings. The Bertz CT molecular complexity index is 820. The number of hydrogen-bond acceptors (Lipinski definition) is 4. The number of rotatable bonds is 7. The Morgan fingerprint density at radius 1 is 1.20 bits per heavy atom. The Morgan fingerprint density at radius 2 is 1.97 bits per heavy atom. The summed E-state index contributed by atoms with van der Waals surface area (Å²) < 4.78 is 5.90. The third-order valence-electron chi connectivity index (χ3n) is 6.60. The van der Waals surface area contributed by atoms with E-state index in [2.05, 4.69) is 5.32 Å². The maximum absolute atomic E-state index is 13.1. The summed E-state index contributed by atoms with van der Waals surface area (Å²) in [5.41, 5.74) is 0.312. The lowest BCUT2D eigenvalue weighted by Crippen LogP contribution is -2.63. The van der Waals surface area contributed by atoms with Gasteiger partial charge in [-0.25, -0.2) is 0 Å². The molecule has 1 N–H and O–H groups in total. The van der Waals surface area contributed by atoms with Crippen molar-refractivity contribution in [2.24, 2.45) is 0 Å². The lowest BCUT2D eigenvalue weighted by Gasteiger charge is -2.48. The molecular formula is C23H31N3O4. The average Bonchev–Trinajstić information content (AvgIpc) is 3.07. The molecule has 1 saturated heterocycles. The van der Waals surface area contributed by atoms with Crippen molar-refractivity contribution in [1.82, 2.24) is 10.2 Å². The van der Waals surface area contributed by atoms with Gasteiger partial charge >= 0.3 is 0 Å². The van der Waals surface area contributed by atoms with Crippen molar-refractivity contribution < 1.29 is 19.1 Å². The Morgan fingerprint density at radius 3 is 2.77 bits per heavy atom. The molecule has 0 aromatic heterocycles. The summed E-state index contributed by atoms with van der Waals surface area (Å²) in [7, 11) is 0. The van der Waals surface area contributed by atoms with E-state index in [1.807, 2.05) is 13.0 Å². The zero-order valence-corrected chi connectivity index (χ0v) is 17.7. The fraction of sp³-hybridized carbons (Fsp3) is 0.609. The summed E-state index contributed by atoms with van der Waals surface area (Å²) in [5.74, 6) is -0.418. The molecule has 7 heteroatoms. The van der Waals surface area contributed by atoms with Gasteiger partial charge in [-0.15, -0.1) is 0 Å². The fourth-order valence-corrected chi connectivity index (χ4v) is 4.92. The first-order valence-corrected chi connectivity index (χ1v) is 11.1. The predicted octanol–water partition coefficient (Wildman–Crippen LogP) is 2.84. The van der Waals surface area contributed by atoms with Gasteiger partial charge in [0, 0.05) is 19.6 Å². The van der Waals surface area contributed by atoms with Crippen molar-refractivity contribution in [2.75, 3.05) is 24.6 Å². The van der Waals surface area contributed by atoms with Crippen molar-refractivity contribution in [3.63, 3.8) is 0 Å². The third-order valence-corrected chi connectivity index (χ3v) is 6.60. The molecule has 7 nitrogen and oxygen atoms in total. The summed E-state index contributed by atoms with van der Waals surface area (Å²) in [4.78, 5) is 41.5. The number of amides is 3. The summed E-state index contributed by atoms with van der Waals surface area (Å²) in [6.45, 7) is 2.97. The van der Waals surface area contributed by atoms with E-state index in [0.717, 1.165) is 19.3 Å². The first-order valence-electron chi connectivity index (χ1n) is 11.1. The van der Waals surface area contributed by atoms with Crippen LogP contribution in [0.15, 0.2) is 24.3 Å². The monoisotopic (exact) mass is 413 g/mol. The molecule has 4 rings (SSSR count). The predicted molar refractivity (Wildman–Crippen MR) is 113 cm³/mol. The van der Waals surface area contributed by atoms with Crippen LogP contribution < -0.4 is 10.2 Å². The van der Waals surface area contributed by atoms with Gasteiger partial charge in [0.05, 0.1) is 17.4 Å². The molecule has 2 fully saturated rings. The second-order valence-electron chi connectivity index (χ2n) is 8.69. The van der Waals surface area contributed by atoms with Gasteiger partial charge in [-0.1, -0.05) is 31.4 Å². The van der Waals surface area contributed by atoms with E-state index < -0.39 is 5.66 Å². The van der Waals surface area contributed by atoms with Crippen molar-refractivity contribution in [3.05, 3.63) is 29.8 Å². The largest absolute Gasteiger partial charge is 0.378 e. The number of nitrogens with one attached hydrogen (secondary N) is 1. The molecule has 1 aliphatic carbocycles. The van der Waals surface area contributed by atoms with Gasteiger partial charge in [-0.3, -0.25) is 19.3 Å².